The normalized spacial score (nSPS) is 16.8. The van der Waals surface area contributed by atoms with E-state index in [1.165, 1.54) is 0 Å². The van der Waals surface area contributed by atoms with E-state index >= 15 is 0 Å². The fourth-order valence-electron chi connectivity index (χ4n) is 3.37. The first-order chi connectivity index (χ1) is 11.8. The van der Waals surface area contributed by atoms with Crippen LogP contribution in [-0.2, 0) is 9.36 Å². The molecule has 0 unspecified atom stereocenters. The van der Waals surface area contributed by atoms with Crippen LogP contribution in [0.25, 0.3) is 0 Å². The fraction of sp³-hybridized carbons (Fsp3) is 0.227. The molecule has 0 saturated carbocycles. The number of carbonyl (C=O) groups is 1. The first-order valence-corrected chi connectivity index (χ1v) is 10.2. The van der Waals surface area contributed by atoms with Crippen molar-refractivity contribution < 1.29 is 9.36 Å². The van der Waals surface area contributed by atoms with Crippen LogP contribution in [0.3, 0.4) is 0 Å². The molecule has 0 aromatic heterocycles. The van der Waals surface area contributed by atoms with Crippen molar-refractivity contribution in [3.05, 3.63) is 84.0 Å². The smallest absolute Gasteiger partial charge is 0.230 e. The predicted molar refractivity (Wildman–Crippen MR) is 105 cm³/mol. The van der Waals surface area contributed by atoms with E-state index in [4.69, 9.17) is 0 Å². The molecule has 0 spiro atoms. The van der Waals surface area contributed by atoms with E-state index in [0.29, 0.717) is 16.2 Å². The second-order valence-corrected chi connectivity index (χ2v) is 9.94. The lowest BCUT2D eigenvalue weighted by molar-refractivity contribution is -0.108. The molecule has 0 N–H and O–H groups in total. The number of hydrogen-bond donors (Lipinski definition) is 0. The molecule has 0 saturated heterocycles. The van der Waals surface area contributed by atoms with Gasteiger partial charge in [-0.15, -0.1) is 0 Å². The Hall–Kier alpha value is -2.18. The first-order valence-electron chi connectivity index (χ1n) is 8.50. The summed E-state index contributed by atoms with van der Waals surface area (Å²) in [7, 11) is -3.41. The summed E-state index contributed by atoms with van der Waals surface area (Å²) >= 11 is 0. The lowest BCUT2D eigenvalue weighted by atomic mass is 9.80. The molecule has 1 aliphatic rings. The van der Waals surface area contributed by atoms with Crippen molar-refractivity contribution in [1.29, 1.82) is 0 Å². The summed E-state index contributed by atoms with van der Waals surface area (Å²) in [6.45, 7) is 6.25. The molecule has 0 fully saturated rings. The Morgan fingerprint density at radius 1 is 0.920 bits per heavy atom. The van der Waals surface area contributed by atoms with E-state index in [2.05, 4.69) is 13.8 Å². The van der Waals surface area contributed by atoms with Gasteiger partial charge >= 0.3 is 0 Å². The minimum atomic E-state index is -3.41. The minimum Gasteiger partial charge on any atom is -0.305 e. The third-order valence-electron chi connectivity index (χ3n) is 4.64. The average Bonchev–Trinajstić information content (AvgIpc) is 2.61. The number of allylic oxidation sites excluding steroid dienone is 4. The summed E-state index contributed by atoms with van der Waals surface area (Å²) in [6, 6.07) is 18.2. The lowest BCUT2D eigenvalue weighted by Gasteiger charge is -2.28. The summed E-state index contributed by atoms with van der Waals surface area (Å²) in [6.07, 6.45) is 4.71. The molecule has 128 valence electrons. The Labute approximate surface area is 149 Å². The van der Waals surface area contributed by atoms with Crippen LogP contribution in [0.5, 0.6) is 0 Å². The van der Waals surface area contributed by atoms with Crippen molar-refractivity contribution in [3.8, 4) is 0 Å². The number of rotatable bonds is 4. The number of hydrogen-bond acceptors (Lipinski definition) is 2. The molecular formula is C22H23O2P. The van der Waals surface area contributed by atoms with Crippen molar-refractivity contribution in [2.75, 3.05) is 0 Å². The van der Waals surface area contributed by atoms with Gasteiger partial charge in [-0.1, -0.05) is 92.2 Å². The maximum absolute atomic E-state index is 14.1. The highest BCUT2D eigenvalue weighted by atomic mass is 31.2. The highest BCUT2D eigenvalue weighted by Crippen LogP contribution is 2.49. The quantitative estimate of drug-likeness (QED) is 0.740. The highest BCUT2D eigenvalue weighted by molar-refractivity contribution is 7.93. The Morgan fingerprint density at radius 3 is 1.84 bits per heavy atom. The van der Waals surface area contributed by atoms with E-state index < -0.39 is 7.14 Å². The second kappa shape index (κ2) is 6.61. The standard InChI is InChI=1S/C22H23O2P/c1-17-16-22(2,3)15-14-20(17)21(23)25(24,18-10-6-4-7-11-18)19-12-8-5-9-13-19/h4-15H,16H2,1-3H3. The van der Waals surface area contributed by atoms with E-state index in [9.17, 15) is 9.36 Å². The fourth-order valence-corrected chi connectivity index (χ4v) is 5.93. The molecule has 0 amide bonds. The maximum atomic E-state index is 14.1. The largest absolute Gasteiger partial charge is 0.305 e. The van der Waals surface area contributed by atoms with Crippen LogP contribution in [0, 0.1) is 5.41 Å². The molecule has 2 nitrogen and oxygen atoms in total. The van der Waals surface area contributed by atoms with Gasteiger partial charge in [0.25, 0.3) is 0 Å². The van der Waals surface area contributed by atoms with Gasteiger partial charge < -0.3 is 4.57 Å². The van der Waals surface area contributed by atoms with E-state index in [0.717, 1.165) is 12.0 Å². The van der Waals surface area contributed by atoms with Crippen molar-refractivity contribution in [3.63, 3.8) is 0 Å². The Balaban J connectivity index is 2.16. The number of carbonyl (C=O) groups excluding carboxylic acids is 1. The first kappa shape index (κ1) is 17.6. The van der Waals surface area contributed by atoms with Gasteiger partial charge in [-0.25, -0.2) is 0 Å². The van der Waals surface area contributed by atoms with E-state index in [1.807, 2.05) is 55.5 Å². The third kappa shape index (κ3) is 3.32. The number of benzene rings is 2. The van der Waals surface area contributed by atoms with Crippen molar-refractivity contribution in [2.24, 2.45) is 5.41 Å². The molecule has 0 bridgehead atoms. The molecular weight excluding hydrogens is 327 g/mol. The molecule has 1 aliphatic carbocycles. The van der Waals surface area contributed by atoms with Crippen LogP contribution in [-0.4, -0.2) is 5.52 Å². The van der Waals surface area contributed by atoms with Crippen molar-refractivity contribution in [1.82, 2.24) is 0 Å². The molecule has 0 aliphatic heterocycles. The van der Waals surface area contributed by atoms with Crippen molar-refractivity contribution >= 4 is 23.3 Å². The van der Waals surface area contributed by atoms with Gasteiger partial charge in [0.2, 0.25) is 12.7 Å². The van der Waals surface area contributed by atoms with Gasteiger partial charge in [0.05, 0.1) is 0 Å². The zero-order chi connectivity index (χ0) is 18.1. The van der Waals surface area contributed by atoms with Gasteiger partial charge in [0, 0.05) is 16.2 Å². The molecule has 25 heavy (non-hydrogen) atoms. The topological polar surface area (TPSA) is 34.1 Å². The molecule has 3 rings (SSSR count). The van der Waals surface area contributed by atoms with Crippen molar-refractivity contribution in [2.45, 2.75) is 27.2 Å². The maximum Gasteiger partial charge on any atom is 0.230 e. The van der Waals surface area contributed by atoms with Crippen LogP contribution in [0.4, 0.5) is 0 Å². The SMILES string of the molecule is CC1=C(C(=O)P(=O)(c2ccccc2)c2ccccc2)C=CC(C)(C)C1. The lowest BCUT2D eigenvalue weighted by Crippen LogP contribution is -2.25. The monoisotopic (exact) mass is 350 g/mol. The summed E-state index contributed by atoms with van der Waals surface area (Å²) in [4.78, 5) is 13.5. The average molecular weight is 350 g/mol. The van der Waals surface area contributed by atoms with Crippen LogP contribution in [0.2, 0.25) is 0 Å². The molecule has 0 heterocycles. The molecule has 0 radical (unpaired) electrons. The summed E-state index contributed by atoms with van der Waals surface area (Å²) in [5.74, 6) is 0. The van der Waals surface area contributed by atoms with Gasteiger partial charge in [0.1, 0.15) is 0 Å². The molecule has 3 heteroatoms. The third-order valence-corrected chi connectivity index (χ3v) is 7.50. The predicted octanol–water partition coefficient (Wildman–Crippen LogP) is 4.83. The van der Waals surface area contributed by atoms with E-state index in [-0.39, 0.29) is 10.9 Å². The molecule has 2 aromatic rings. The Kier molecular flexibility index (Phi) is 4.67. The highest BCUT2D eigenvalue weighted by Gasteiger charge is 2.38. The minimum absolute atomic E-state index is 0.0251. The Bertz CT molecular complexity index is 847. The summed E-state index contributed by atoms with van der Waals surface area (Å²) < 4.78 is 14.1. The van der Waals surface area contributed by atoms with Gasteiger partial charge in [-0.2, -0.15) is 0 Å². The van der Waals surface area contributed by atoms with Crippen LogP contribution in [0.15, 0.2) is 84.0 Å². The Morgan fingerprint density at radius 2 is 1.40 bits per heavy atom. The molecule has 0 atom stereocenters. The summed E-state index contributed by atoms with van der Waals surface area (Å²) in [5, 5.41) is 1.18. The van der Waals surface area contributed by atoms with Gasteiger partial charge in [-0.05, 0) is 18.8 Å². The van der Waals surface area contributed by atoms with Crippen LogP contribution >= 0.6 is 7.14 Å². The van der Waals surface area contributed by atoms with Crippen LogP contribution in [0.1, 0.15) is 27.2 Å². The zero-order valence-electron chi connectivity index (χ0n) is 14.9. The zero-order valence-corrected chi connectivity index (χ0v) is 15.8. The second-order valence-electron chi connectivity index (χ2n) is 7.28. The van der Waals surface area contributed by atoms with Gasteiger partial charge in [0.15, 0.2) is 0 Å². The van der Waals surface area contributed by atoms with Gasteiger partial charge in [-0.3, -0.25) is 4.79 Å². The van der Waals surface area contributed by atoms with Crippen LogP contribution < -0.4 is 10.6 Å². The van der Waals surface area contributed by atoms with E-state index in [1.54, 1.807) is 24.3 Å². The summed E-state index contributed by atoms with van der Waals surface area (Å²) in [5.41, 5.74) is 1.35. The molecule has 2 aromatic carbocycles.